The van der Waals surface area contributed by atoms with Crippen molar-refractivity contribution in [2.75, 3.05) is 17.1 Å². The molecular weight excluding hydrogens is 438 g/mol. The van der Waals surface area contributed by atoms with E-state index in [0.29, 0.717) is 0 Å². The van der Waals surface area contributed by atoms with Gasteiger partial charge in [0.2, 0.25) is 21.8 Å². The third-order valence-electron chi connectivity index (χ3n) is 4.59. The second-order valence-corrected chi connectivity index (χ2v) is 9.88. The Hall–Kier alpha value is -2.58. The highest BCUT2D eigenvalue weighted by Crippen LogP contribution is 2.27. The molecule has 0 bridgehead atoms. The summed E-state index contributed by atoms with van der Waals surface area (Å²) >= 11 is 6.19. The van der Waals surface area contributed by atoms with Gasteiger partial charge in [-0.3, -0.25) is 13.9 Å². The minimum Gasteiger partial charge on any atom is -0.352 e. The number of amides is 2. The van der Waals surface area contributed by atoms with Crippen LogP contribution in [0.5, 0.6) is 0 Å². The molecule has 0 fully saturated rings. The molecule has 31 heavy (non-hydrogen) atoms. The van der Waals surface area contributed by atoms with Crippen molar-refractivity contribution < 1.29 is 18.0 Å². The first kappa shape index (κ1) is 24.7. The molecule has 9 heteroatoms. The van der Waals surface area contributed by atoms with E-state index in [4.69, 9.17) is 11.6 Å². The summed E-state index contributed by atoms with van der Waals surface area (Å²) < 4.78 is 25.9. The SMILES string of the molecule is CC(C)NC(=O)C(C)N(Cc1ccccc1)C(=O)CN(c1ccccc1Cl)S(C)(=O)=O. The highest BCUT2D eigenvalue weighted by Gasteiger charge is 2.30. The van der Waals surface area contributed by atoms with Crippen LogP contribution in [-0.2, 0) is 26.2 Å². The number of nitrogens with one attached hydrogen (secondary N) is 1. The fourth-order valence-corrected chi connectivity index (χ4v) is 4.17. The Morgan fingerprint density at radius 3 is 2.13 bits per heavy atom. The standard InChI is InChI=1S/C22H28ClN3O4S/c1-16(2)24-22(28)17(3)25(14-18-10-6-5-7-11-18)21(27)15-26(31(4,29)30)20-13-9-8-12-19(20)23/h5-13,16-17H,14-15H2,1-4H3,(H,24,28). The smallest absolute Gasteiger partial charge is 0.244 e. The van der Waals surface area contributed by atoms with E-state index >= 15 is 0 Å². The van der Waals surface area contributed by atoms with E-state index in [1.165, 1.54) is 11.0 Å². The number of hydrogen-bond acceptors (Lipinski definition) is 4. The molecular formula is C22H28ClN3O4S. The Labute approximate surface area is 189 Å². The van der Waals surface area contributed by atoms with Gasteiger partial charge >= 0.3 is 0 Å². The normalized spacial score (nSPS) is 12.3. The quantitative estimate of drug-likeness (QED) is 0.616. The fraction of sp³-hybridized carbons (Fsp3) is 0.364. The predicted octanol–water partition coefficient (Wildman–Crippen LogP) is 3.05. The van der Waals surface area contributed by atoms with Crippen molar-refractivity contribution in [3.63, 3.8) is 0 Å². The summed E-state index contributed by atoms with van der Waals surface area (Å²) in [7, 11) is -3.81. The number of anilines is 1. The van der Waals surface area contributed by atoms with Crippen molar-refractivity contribution in [3.8, 4) is 0 Å². The van der Waals surface area contributed by atoms with Gasteiger partial charge in [0, 0.05) is 12.6 Å². The van der Waals surface area contributed by atoms with Crippen molar-refractivity contribution in [2.24, 2.45) is 0 Å². The number of rotatable bonds is 9. The highest BCUT2D eigenvalue weighted by atomic mass is 35.5. The average Bonchev–Trinajstić information content (AvgIpc) is 2.69. The lowest BCUT2D eigenvalue weighted by Crippen LogP contribution is -2.52. The number of nitrogens with zero attached hydrogens (tertiary/aromatic N) is 2. The number of carbonyl (C=O) groups is 2. The molecule has 0 aromatic heterocycles. The van der Waals surface area contributed by atoms with Gasteiger partial charge in [-0.05, 0) is 38.5 Å². The van der Waals surface area contributed by atoms with Gasteiger partial charge in [-0.1, -0.05) is 54.1 Å². The van der Waals surface area contributed by atoms with Crippen LogP contribution >= 0.6 is 11.6 Å². The maximum Gasteiger partial charge on any atom is 0.244 e. The second-order valence-electron chi connectivity index (χ2n) is 7.57. The first-order chi connectivity index (χ1) is 14.5. The Morgan fingerprint density at radius 1 is 1.00 bits per heavy atom. The zero-order chi connectivity index (χ0) is 23.2. The number of halogens is 1. The van der Waals surface area contributed by atoms with Crippen LogP contribution in [0.3, 0.4) is 0 Å². The molecule has 2 aromatic rings. The Kier molecular flexibility index (Phi) is 8.47. The van der Waals surface area contributed by atoms with E-state index in [-0.39, 0.29) is 29.2 Å². The number of carbonyl (C=O) groups excluding carboxylic acids is 2. The summed E-state index contributed by atoms with van der Waals surface area (Å²) in [6.45, 7) is 4.97. The first-order valence-corrected chi connectivity index (χ1v) is 12.1. The van der Waals surface area contributed by atoms with Crippen LogP contribution in [0.2, 0.25) is 5.02 Å². The highest BCUT2D eigenvalue weighted by molar-refractivity contribution is 7.92. The van der Waals surface area contributed by atoms with Gasteiger partial charge < -0.3 is 10.2 Å². The first-order valence-electron chi connectivity index (χ1n) is 9.86. The molecule has 2 aromatic carbocycles. The van der Waals surface area contributed by atoms with Crippen LogP contribution in [-0.4, -0.2) is 50.0 Å². The Balaban J connectivity index is 2.38. The van der Waals surface area contributed by atoms with Gasteiger partial charge in [-0.25, -0.2) is 8.42 Å². The Morgan fingerprint density at radius 2 is 1.58 bits per heavy atom. The van der Waals surface area contributed by atoms with Crippen molar-refractivity contribution in [3.05, 3.63) is 65.2 Å². The predicted molar refractivity (Wildman–Crippen MR) is 123 cm³/mol. The maximum atomic E-state index is 13.3. The van der Waals surface area contributed by atoms with E-state index in [9.17, 15) is 18.0 Å². The van der Waals surface area contributed by atoms with E-state index in [0.717, 1.165) is 16.1 Å². The van der Waals surface area contributed by atoms with Crippen molar-refractivity contribution in [2.45, 2.75) is 39.4 Å². The number of sulfonamides is 1. The van der Waals surface area contributed by atoms with Crippen molar-refractivity contribution in [1.82, 2.24) is 10.2 Å². The number of para-hydroxylation sites is 1. The van der Waals surface area contributed by atoms with Gasteiger partial charge in [0.15, 0.2) is 0 Å². The summed E-state index contributed by atoms with van der Waals surface area (Å²) in [5, 5.41) is 3.01. The zero-order valence-electron chi connectivity index (χ0n) is 18.1. The molecule has 2 rings (SSSR count). The summed E-state index contributed by atoms with van der Waals surface area (Å²) in [6, 6.07) is 14.7. The molecule has 0 heterocycles. The minimum atomic E-state index is -3.81. The topological polar surface area (TPSA) is 86.8 Å². The Bertz CT molecular complexity index is 1010. The van der Waals surface area contributed by atoms with Crippen LogP contribution in [0.15, 0.2) is 54.6 Å². The third kappa shape index (κ3) is 6.97. The molecule has 0 spiro atoms. The molecule has 0 aliphatic carbocycles. The molecule has 0 saturated carbocycles. The molecule has 0 aliphatic rings. The van der Waals surface area contributed by atoms with Crippen LogP contribution in [0, 0.1) is 0 Å². The van der Waals surface area contributed by atoms with Crippen molar-refractivity contribution in [1.29, 1.82) is 0 Å². The summed E-state index contributed by atoms with van der Waals surface area (Å²) in [6.07, 6.45) is 1.01. The second kappa shape index (κ2) is 10.6. The van der Waals surface area contributed by atoms with Crippen LogP contribution in [0.25, 0.3) is 0 Å². The fourth-order valence-electron chi connectivity index (χ4n) is 3.02. The van der Waals surface area contributed by atoms with Crippen LogP contribution in [0.4, 0.5) is 5.69 Å². The maximum absolute atomic E-state index is 13.3. The molecule has 1 atom stereocenters. The summed E-state index contributed by atoms with van der Waals surface area (Å²) in [4.78, 5) is 27.3. The van der Waals surface area contributed by atoms with E-state index in [2.05, 4.69) is 5.32 Å². The van der Waals surface area contributed by atoms with Gasteiger partial charge in [-0.2, -0.15) is 0 Å². The lowest BCUT2D eigenvalue weighted by atomic mass is 10.1. The van der Waals surface area contributed by atoms with E-state index < -0.39 is 28.5 Å². The lowest BCUT2D eigenvalue weighted by molar-refractivity contribution is -0.139. The molecule has 2 amide bonds. The van der Waals surface area contributed by atoms with Gasteiger partial charge in [-0.15, -0.1) is 0 Å². The minimum absolute atomic E-state index is 0.0979. The molecule has 0 saturated heterocycles. The molecule has 1 unspecified atom stereocenters. The average molecular weight is 466 g/mol. The van der Waals surface area contributed by atoms with E-state index in [1.807, 2.05) is 44.2 Å². The van der Waals surface area contributed by atoms with Crippen LogP contribution in [0.1, 0.15) is 26.3 Å². The van der Waals surface area contributed by atoms with E-state index in [1.54, 1.807) is 25.1 Å². The molecule has 7 nitrogen and oxygen atoms in total. The lowest BCUT2D eigenvalue weighted by Gasteiger charge is -2.32. The zero-order valence-corrected chi connectivity index (χ0v) is 19.7. The number of benzene rings is 2. The summed E-state index contributed by atoms with van der Waals surface area (Å²) in [5.41, 5.74) is 1.03. The van der Waals surface area contributed by atoms with Crippen LogP contribution < -0.4 is 9.62 Å². The molecule has 0 aliphatic heterocycles. The molecule has 1 N–H and O–H groups in total. The van der Waals surface area contributed by atoms with Gasteiger partial charge in [0.05, 0.1) is 17.0 Å². The number of hydrogen-bond donors (Lipinski definition) is 1. The van der Waals surface area contributed by atoms with Crippen molar-refractivity contribution >= 4 is 39.1 Å². The largest absolute Gasteiger partial charge is 0.352 e. The van der Waals surface area contributed by atoms with Gasteiger partial charge in [0.1, 0.15) is 12.6 Å². The summed E-state index contributed by atoms with van der Waals surface area (Å²) in [5.74, 6) is -0.830. The monoisotopic (exact) mass is 465 g/mol. The van der Waals surface area contributed by atoms with Gasteiger partial charge in [0.25, 0.3) is 0 Å². The molecule has 168 valence electrons. The molecule has 0 radical (unpaired) electrons. The third-order valence-corrected chi connectivity index (χ3v) is 6.04.